The van der Waals surface area contributed by atoms with E-state index in [2.05, 4.69) is 107 Å². The van der Waals surface area contributed by atoms with Crippen molar-refractivity contribution < 1.29 is 9.59 Å². The van der Waals surface area contributed by atoms with E-state index in [1.165, 1.54) is 22.3 Å². The summed E-state index contributed by atoms with van der Waals surface area (Å²) in [5.41, 5.74) is 8.65. The summed E-state index contributed by atoms with van der Waals surface area (Å²) < 4.78 is 0. The highest BCUT2D eigenvalue weighted by Gasteiger charge is 2.47. The maximum absolute atomic E-state index is 13.5. The lowest BCUT2D eigenvalue weighted by molar-refractivity contribution is 0.0931. The number of rotatable bonds is 0. The van der Waals surface area contributed by atoms with Crippen molar-refractivity contribution in [2.75, 3.05) is 0 Å². The van der Waals surface area contributed by atoms with Crippen LogP contribution in [-0.4, -0.2) is 11.6 Å². The Morgan fingerprint density at radius 1 is 0.486 bits per heavy atom. The molecule has 0 saturated carbocycles. The maximum atomic E-state index is 13.5. The van der Waals surface area contributed by atoms with Crippen LogP contribution >= 0.6 is 0 Å². The minimum Gasteiger partial charge on any atom is -0.294 e. The Bertz CT molecular complexity index is 1180. The van der Waals surface area contributed by atoms with Gasteiger partial charge in [-0.1, -0.05) is 95.2 Å². The van der Waals surface area contributed by atoms with Crippen molar-refractivity contribution in [3.63, 3.8) is 0 Å². The number of Topliss-reactive ketones (excluding diaryl/α,β-unsaturated/α-hetero) is 2. The number of carbonyl (C=O) groups is 2. The second-order valence-corrected chi connectivity index (χ2v) is 15.8. The highest BCUT2D eigenvalue weighted by Crippen LogP contribution is 2.53. The van der Waals surface area contributed by atoms with Gasteiger partial charge in [0.25, 0.3) is 0 Å². The molecule has 0 bridgehead atoms. The van der Waals surface area contributed by atoms with Crippen molar-refractivity contribution in [3.05, 3.63) is 68.8 Å². The van der Waals surface area contributed by atoms with E-state index in [1.54, 1.807) is 0 Å². The Labute approximate surface area is 225 Å². The molecule has 0 aliphatic heterocycles. The fourth-order valence-electron chi connectivity index (χ4n) is 6.67. The minimum absolute atomic E-state index is 0.0562. The minimum atomic E-state index is -0.306. The van der Waals surface area contributed by atoms with E-state index in [1.807, 2.05) is 0 Å². The Morgan fingerprint density at radius 3 is 1.03 bits per heavy atom. The van der Waals surface area contributed by atoms with Crippen molar-refractivity contribution >= 4 is 11.6 Å². The van der Waals surface area contributed by atoms with E-state index in [0.29, 0.717) is 12.8 Å². The van der Waals surface area contributed by atoms with Gasteiger partial charge in [-0.25, -0.2) is 0 Å². The second-order valence-electron chi connectivity index (χ2n) is 15.8. The predicted molar refractivity (Wildman–Crippen MR) is 156 cm³/mol. The Hall–Kier alpha value is -2.22. The van der Waals surface area contributed by atoms with Crippen molar-refractivity contribution in [3.8, 4) is 0 Å². The van der Waals surface area contributed by atoms with Crippen LogP contribution in [0.15, 0.2) is 24.3 Å². The smallest absolute Gasteiger partial charge is 0.163 e. The molecule has 37 heavy (non-hydrogen) atoms. The van der Waals surface area contributed by atoms with Gasteiger partial charge in [-0.05, 0) is 80.0 Å². The summed E-state index contributed by atoms with van der Waals surface area (Å²) in [6, 6.07) is 9.15. The number of ketones is 2. The van der Waals surface area contributed by atoms with Gasteiger partial charge in [0, 0.05) is 29.4 Å². The van der Waals surface area contributed by atoms with Crippen LogP contribution < -0.4 is 0 Å². The molecule has 2 aliphatic carbocycles. The average Bonchev–Trinajstić information content (AvgIpc) is 2.74. The topological polar surface area (TPSA) is 34.1 Å². The number of benzene rings is 2. The summed E-state index contributed by atoms with van der Waals surface area (Å²) in [5.74, 6) is 0.486. The van der Waals surface area contributed by atoms with Gasteiger partial charge >= 0.3 is 0 Å². The van der Waals surface area contributed by atoms with Crippen LogP contribution in [0.4, 0.5) is 0 Å². The number of hydrogen-bond donors (Lipinski definition) is 0. The molecule has 0 aromatic heterocycles. The van der Waals surface area contributed by atoms with E-state index >= 15 is 0 Å². The standard InChI is InChI=1S/C35H48O2/c1-31(2,3)25-17-21-23(19-27(25)33(7,8)9)35(15-13-29(21)36)16-14-30(37)22-18-26(32(4,5)6)28(20-24(22)35)34(10,11)12/h17-20H,13-16H2,1-12H3. The molecule has 200 valence electrons. The van der Waals surface area contributed by atoms with Gasteiger partial charge in [-0.15, -0.1) is 0 Å². The molecule has 0 amide bonds. The Kier molecular flexibility index (Phi) is 6.30. The van der Waals surface area contributed by atoms with Crippen LogP contribution in [0, 0.1) is 0 Å². The van der Waals surface area contributed by atoms with Gasteiger partial charge in [0.1, 0.15) is 0 Å². The zero-order valence-electron chi connectivity index (χ0n) is 25.5. The lowest BCUT2D eigenvalue weighted by Gasteiger charge is -2.45. The highest BCUT2D eigenvalue weighted by molar-refractivity contribution is 6.03. The second kappa shape index (κ2) is 8.39. The third-order valence-electron chi connectivity index (χ3n) is 8.74. The van der Waals surface area contributed by atoms with Gasteiger partial charge in [-0.3, -0.25) is 9.59 Å². The first kappa shape index (κ1) is 27.8. The van der Waals surface area contributed by atoms with Gasteiger partial charge < -0.3 is 0 Å². The Balaban J connectivity index is 2.12. The quantitative estimate of drug-likeness (QED) is 0.361. The number of fused-ring (bicyclic) bond motifs is 4. The van der Waals surface area contributed by atoms with Gasteiger partial charge in [0.15, 0.2) is 11.6 Å². The van der Waals surface area contributed by atoms with Crippen LogP contribution in [-0.2, 0) is 27.1 Å². The zero-order chi connectivity index (χ0) is 27.9. The van der Waals surface area contributed by atoms with Crippen molar-refractivity contribution in [2.45, 2.75) is 136 Å². The molecule has 0 fully saturated rings. The molecular weight excluding hydrogens is 452 g/mol. The molecule has 0 N–H and O–H groups in total. The van der Waals surface area contributed by atoms with E-state index in [4.69, 9.17) is 0 Å². The normalized spacial score (nSPS) is 18.2. The lowest BCUT2D eigenvalue weighted by Crippen LogP contribution is -2.41. The molecule has 1 spiro atoms. The molecule has 2 aromatic rings. The van der Waals surface area contributed by atoms with E-state index in [9.17, 15) is 9.59 Å². The first-order valence-electron chi connectivity index (χ1n) is 14.1. The molecule has 0 radical (unpaired) electrons. The van der Waals surface area contributed by atoms with Crippen molar-refractivity contribution in [1.82, 2.24) is 0 Å². The third-order valence-corrected chi connectivity index (χ3v) is 8.74. The summed E-state index contributed by atoms with van der Waals surface area (Å²) in [5, 5.41) is 0. The highest BCUT2D eigenvalue weighted by atomic mass is 16.1. The van der Waals surface area contributed by atoms with Crippen LogP contribution in [0.5, 0.6) is 0 Å². The van der Waals surface area contributed by atoms with E-state index < -0.39 is 0 Å². The number of carbonyl (C=O) groups excluding carboxylic acids is 2. The van der Waals surface area contributed by atoms with E-state index in [-0.39, 0.29) is 38.6 Å². The molecule has 2 nitrogen and oxygen atoms in total. The van der Waals surface area contributed by atoms with Gasteiger partial charge in [0.05, 0.1) is 0 Å². The molecule has 0 heterocycles. The molecule has 0 unspecified atom stereocenters. The van der Waals surface area contributed by atoms with Crippen molar-refractivity contribution in [2.24, 2.45) is 0 Å². The fourth-order valence-corrected chi connectivity index (χ4v) is 6.67. The molecule has 0 atom stereocenters. The first-order chi connectivity index (χ1) is 16.7. The first-order valence-corrected chi connectivity index (χ1v) is 14.1. The summed E-state index contributed by atoms with van der Waals surface area (Å²) in [6.45, 7) is 27.1. The van der Waals surface area contributed by atoms with Crippen LogP contribution in [0.2, 0.25) is 0 Å². The third kappa shape index (κ3) is 4.64. The van der Waals surface area contributed by atoms with E-state index in [0.717, 1.165) is 35.1 Å². The maximum Gasteiger partial charge on any atom is 0.163 e. The summed E-state index contributed by atoms with van der Waals surface area (Å²) in [7, 11) is 0. The molecule has 2 heteroatoms. The summed E-state index contributed by atoms with van der Waals surface area (Å²) >= 11 is 0. The monoisotopic (exact) mass is 500 g/mol. The number of hydrogen-bond acceptors (Lipinski definition) is 2. The SMILES string of the molecule is CC(C)(C)c1cc2c(cc1C(C)(C)C)C1(CCC2=O)CCC(=O)c2cc(C(C)(C)C)c(C(C)(C)C)cc21. The molecular formula is C35H48O2. The van der Waals surface area contributed by atoms with Gasteiger partial charge in [-0.2, -0.15) is 0 Å². The van der Waals surface area contributed by atoms with Crippen LogP contribution in [0.3, 0.4) is 0 Å². The largest absolute Gasteiger partial charge is 0.294 e. The van der Waals surface area contributed by atoms with Crippen LogP contribution in [0.25, 0.3) is 0 Å². The summed E-state index contributed by atoms with van der Waals surface area (Å²) in [6.07, 6.45) is 2.61. The molecule has 2 aromatic carbocycles. The average molecular weight is 501 g/mol. The fraction of sp³-hybridized carbons (Fsp3) is 0.600. The molecule has 0 saturated heterocycles. The van der Waals surface area contributed by atoms with Crippen molar-refractivity contribution in [1.29, 1.82) is 0 Å². The molecule has 4 rings (SSSR count). The zero-order valence-corrected chi connectivity index (χ0v) is 25.5. The Morgan fingerprint density at radius 2 is 0.757 bits per heavy atom. The molecule has 2 aliphatic rings. The summed E-state index contributed by atoms with van der Waals surface area (Å²) in [4.78, 5) is 26.9. The lowest BCUT2D eigenvalue weighted by atomic mass is 9.57. The van der Waals surface area contributed by atoms with Gasteiger partial charge in [0.2, 0.25) is 0 Å². The predicted octanol–water partition coefficient (Wildman–Crippen LogP) is 9.12. The van der Waals surface area contributed by atoms with Crippen LogP contribution in [0.1, 0.15) is 163 Å².